The monoisotopic (exact) mass is 297 g/mol. The molecule has 8 nitrogen and oxygen atoms in total. The van der Waals surface area contributed by atoms with Gasteiger partial charge in [-0.05, 0) is 46.8 Å². The minimum absolute atomic E-state index is 0.288. The molecule has 2 aromatic heterocycles. The SMILES string of the molecule is O=C(OCC(=O)c1ccc[nH]1)c1ccc(-n2cnnn2)cc1. The van der Waals surface area contributed by atoms with E-state index in [9.17, 15) is 9.59 Å². The van der Waals surface area contributed by atoms with Crippen molar-refractivity contribution in [3.05, 3.63) is 60.2 Å². The number of carbonyl (C=O) groups excluding carboxylic acids is 2. The number of ketones is 1. The molecule has 0 aliphatic heterocycles. The number of aromatic nitrogens is 5. The molecule has 3 aromatic rings. The van der Waals surface area contributed by atoms with Gasteiger partial charge < -0.3 is 9.72 Å². The molecule has 0 saturated carbocycles. The number of tetrazole rings is 1. The minimum Gasteiger partial charge on any atom is -0.454 e. The molecule has 1 aromatic carbocycles. The molecule has 110 valence electrons. The van der Waals surface area contributed by atoms with Crippen molar-refractivity contribution in [1.82, 2.24) is 25.2 Å². The molecule has 8 heteroatoms. The van der Waals surface area contributed by atoms with Crippen LogP contribution in [0.4, 0.5) is 0 Å². The molecule has 0 amide bonds. The highest BCUT2D eigenvalue weighted by molar-refractivity contribution is 5.98. The van der Waals surface area contributed by atoms with Crippen LogP contribution >= 0.6 is 0 Å². The number of ether oxygens (including phenoxy) is 1. The van der Waals surface area contributed by atoms with E-state index in [0.717, 1.165) is 0 Å². The second-order valence-electron chi connectivity index (χ2n) is 4.38. The zero-order chi connectivity index (χ0) is 15.4. The number of nitrogens with zero attached hydrogens (tertiary/aromatic N) is 4. The Labute approximate surface area is 124 Å². The summed E-state index contributed by atoms with van der Waals surface area (Å²) in [5, 5.41) is 10.8. The second kappa shape index (κ2) is 6.00. The molecule has 3 rings (SSSR count). The summed E-state index contributed by atoms with van der Waals surface area (Å²) in [6, 6.07) is 9.85. The normalized spacial score (nSPS) is 10.4. The van der Waals surface area contributed by atoms with Gasteiger partial charge in [-0.15, -0.1) is 5.10 Å². The molecule has 22 heavy (non-hydrogen) atoms. The lowest BCUT2D eigenvalue weighted by molar-refractivity contribution is 0.0473. The predicted molar refractivity (Wildman–Crippen MR) is 74.6 cm³/mol. The number of H-pyrrole nitrogens is 1. The number of esters is 1. The minimum atomic E-state index is -0.567. The fraction of sp³-hybridized carbons (Fsp3) is 0.0714. The Bertz CT molecular complexity index is 763. The summed E-state index contributed by atoms with van der Waals surface area (Å²) in [6.45, 7) is -0.311. The van der Waals surface area contributed by atoms with Crippen LogP contribution in [0.25, 0.3) is 5.69 Å². The fourth-order valence-electron chi connectivity index (χ4n) is 1.83. The van der Waals surface area contributed by atoms with Crippen molar-refractivity contribution in [2.24, 2.45) is 0 Å². The number of aromatic amines is 1. The van der Waals surface area contributed by atoms with Crippen LogP contribution in [0.1, 0.15) is 20.8 Å². The standard InChI is InChI=1S/C14H11N5O3/c20-13(12-2-1-7-15-12)8-22-14(21)10-3-5-11(6-4-10)19-9-16-17-18-19/h1-7,9,15H,8H2. The number of rotatable bonds is 5. The van der Waals surface area contributed by atoms with Crippen LogP contribution in [0, 0.1) is 0 Å². The first-order valence-electron chi connectivity index (χ1n) is 6.41. The summed E-state index contributed by atoms with van der Waals surface area (Å²) in [4.78, 5) is 26.4. The molecule has 0 atom stereocenters. The Hall–Kier alpha value is -3.29. The summed E-state index contributed by atoms with van der Waals surface area (Å²) >= 11 is 0. The van der Waals surface area contributed by atoms with E-state index in [0.29, 0.717) is 16.9 Å². The van der Waals surface area contributed by atoms with Gasteiger partial charge in [-0.25, -0.2) is 9.48 Å². The third kappa shape index (κ3) is 2.90. The van der Waals surface area contributed by atoms with Crippen molar-refractivity contribution in [2.45, 2.75) is 0 Å². The highest BCUT2D eigenvalue weighted by Crippen LogP contribution is 2.09. The Morgan fingerprint density at radius 3 is 2.64 bits per heavy atom. The van der Waals surface area contributed by atoms with Crippen LogP contribution in [0.3, 0.4) is 0 Å². The van der Waals surface area contributed by atoms with Crippen molar-refractivity contribution in [3.8, 4) is 5.69 Å². The van der Waals surface area contributed by atoms with E-state index >= 15 is 0 Å². The van der Waals surface area contributed by atoms with Gasteiger partial charge >= 0.3 is 5.97 Å². The molecule has 0 fully saturated rings. The fourth-order valence-corrected chi connectivity index (χ4v) is 1.83. The molecule has 0 bridgehead atoms. The molecule has 0 aliphatic rings. The van der Waals surface area contributed by atoms with Gasteiger partial charge in [0.15, 0.2) is 6.61 Å². The van der Waals surface area contributed by atoms with E-state index in [2.05, 4.69) is 20.5 Å². The van der Waals surface area contributed by atoms with Crippen molar-refractivity contribution in [1.29, 1.82) is 0 Å². The number of nitrogens with one attached hydrogen (secondary N) is 1. The van der Waals surface area contributed by atoms with Gasteiger partial charge in [0.05, 0.1) is 16.9 Å². The van der Waals surface area contributed by atoms with Crippen molar-refractivity contribution in [3.63, 3.8) is 0 Å². The van der Waals surface area contributed by atoms with Crippen LogP contribution in [0.15, 0.2) is 48.9 Å². The predicted octanol–water partition coefficient (Wildman–Crippen LogP) is 1.03. The zero-order valence-electron chi connectivity index (χ0n) is 11.3. The van der Waals surface area contributed by atoms with E-state index < -0.39 is 5.97 Å². The smallest absolute Gasteiger partial charge is 0.338 e. The highest BCUT2D eigenvalue weighted by Gasteiger charge is 2.12. The molecule has 0 spiro atoms. The second-order valence-corrected chi connectivity index (χ2v) is 4.38. The van der Waals surface area contributed by atoms with Gasteiger partial charge in [-0.3, -0.25) is 4.79 Å². The average Bonchev–Trinajstić information content (AvgIpc) is 3.25. The summed E-state index contributed by atoms with van der Waals surface area (Å²) < 4.78 is 6.45. The molecule has 0 saturated heterocycles. The molecule has 0 unspecified atom stereocenters. The van der Waals surface area contributed by atoms with E-state index in [-0.39, 0.29) is 12.4 Å². The van der Waals surface area contributed by atoms with Crippen LogP contribution in [0.5, 0.6) is 0 Å². The Morgan fingerprint density at radius 2 is 2.00 bits per heavy atom. The number of hydrogen-bond acceptors (Lipinski definition) is 6. The number of Topliss-reactive ketones (excluding diaryl/α,β-unsaturated/α-hetero) is 1. The van der Waals surface area contributed by atoms with E-state index in [1.165, 1.54) is 11.0 Å². The first kappa shape index (κ1) is 13.7. The third-order valence-corrected chi connectivity index (χ3v) is 2.95. The van der Waals surface area contributed by atoms with Crippen LogP contribution in [-0.4, -0.2) is 43.6 Å². The van der Waals surface area contributed by atoms with Gasteiger partial charge in [0, 0.05) is 6.20 Å². The molecule has 1 N–H and O–H groups in total. The average molecular weight is 297 g/mol. The number of carbonyl (C=O) groups is 2. The molecule has 2 heterocycles. The Morgan fingerprint density at radius 1 is 1.18 bits per heavy atom. The maximum atomic E-state index is 11.9. The van der Waals surface area contributed by atoms with Gasteiger partial charge in [-0.2, -0.15) is 0 Å². The van der Waals surface area contributed by atoms with Crippen LogP contribution in [0.2, 0.25) is 0 Å². The van der Waals surface area contributed by atoms with Crippen molar-refractivity contribution >= 4 is 11.8 Å². The van der Waals surface area contributed by atoms with E-state index in [4.69, 9.17) is 4.74 Å². The lowest BCUT2D eigenvalue weighted by Gasteiger charge is -2.04. The maximum Gasteiger partial charge on any atom is 0.338 e. The topological polar surface area (TPSA) is 103 Å². The van der Waals surface area contributed by atoms with E-state index in [1.807, 2.05) is 0 Å². The van der Waals surface area contributed by atoms with Crippen molar-refractivity contribution in [2.75, 3.05) is 6.61 Å². The lowest BCUT2D eigenvalue weighted by atomic mass is 10.2. The van der Waals surface area contributed by atoms with Crippen molar-refractivity contribution < 1.29 is 14.3 Å². The summed E-state index contributed by atoms with van der Waals surface area (Å²) in [5.74, 6) is -0.855. The van der Waals surface area contributed by atoms with Crippen LogP contribution in [-0.2, 0) is 4.74 Å². The summed E-state index contributed by atoms with van der Waals surface area (Å²) in [7, 11) is 0. The largest absolute Gasteiger partial charge is 0.454 e. The molecular formula is C14H11N5O3. The third-order valence-electron chi connectivity index (χ3n) is 2.95. The number of hydrogen-bond donors (Lipinski definition) is 1. The zero-order valence-corrected chi connectivity index (χ0v) is 11.3. The Kier molecular flexibility index (Phi) is 3.73. The van der Waals surface area contributed by atoms with Crippen LogP contribution < -0.4 is 0 Å². The summed E-state index contributed by atoms with van der Waals surface area (Å²) in [6.07, 6.45) is 3.08. The van der Waals surface area contributed by atoms with Gasteiger partial charge in [0.1, 0.15) is 6.33 Å². The highest BCUT2D eigenvalue weighted by atomic mass is 16.5. The molecular weight excluding hydrogens is 286 g/mol. The first-order valence-corrected chi connectivity index (χ1v) is 6.41. The first-order chi connectivity index (χ1) is 10.7. The van der Waals surface area contributed by atoms with Gasteiger partial charge in [0.25, 0.3) is 0 Å². The van der Waals surface area contributed by atoms with Gasteiger partial charge in [0.2, 0.25) is 5.78 Å². The summed E-state index contributed by atoms with van der Waals surface area (Å²) in [5.41, 5.74) is 1.46. The van der Waals surface area contributed by atoms with E-state index in [1.54, 1.807) is 42.6 Å². The quantitative estimate of drug-likeness (QED) is 0.557. The molecule has 0 radical (unpaired) electrons. The molecule has 0 aliphatic carbocycles. The Balaban J connectivity index is 1.62. The number of benzene rings is 1. The lowest BCUT2D eigenvalue weighted by Crippen LogP contribution is -2.14. The van der Waals surface area contributed by atoms with Gasteiger partial charge in [-0.1, -0.05) is 0 Å². The maximum absolute atomic E-state index is 11.9.